The smallest absolute Gasteiger partial charge is 0.240 e. The molecule has 3 N–H and O–H groups in total. The Kier molecular flexibility index (Phi) is 6.72. The van der Waals surface area contributed by atoms with Crippen molar-refractivity contribution in [2.24, 2.45) is 11.7 Å². The number of likely N-dealkylation sites (N-methyl/N-ethyl adjacent to an activating group) is 1. The van der Waals surface area contributed by atoms with Gasteiger partial charge in [-0.1, -0.05) is 20.8 Å². The standard InChI is InChI=1S/C11H23N3O2/c1-5-6-14(7-9(15)13-4)11(16)10(12)8(2)3/h8,10H,5-7,12H2,1-4H3,(H,13,15). The van der Waals surface area contributed by atoms with E-state index in [4.69, 9.17) is 5.73 Å². The summed E-state index contributed by atoms with van der Waals surface area (Å²) in [6.45, 7) is 6.40. The van der Waals surface area contributed by atoms with Crippen molar-refractivity contribution in [2.45, 2.75) is 33.2 Å². The Labute approximate surface area is 97.4 Å². The van der Waals surface area contributed by atoms with Gasteiger partial charge in [0.05, 0.1) is 12.6 Å². The maximum atomic E-state index is 11.9. The van der Waals surface area contributed by atoms with E-state index in [2.05, 4.69) is 5.32 Å². The van der Waals surface area contributed by atoms with Gasteiger partial charge in [-0.25, -0.2) is 0 Å². The van der Waals surface area contributed by atoms with E-state index in [1.165, 1.54) is 4.90 Å². The lowest BCUT2D eigenvalue weighted by Gasteiger charge is -2.26. The molecular formula is C11H23N3O2. The zero-order valence-corrected chi connectivity index (χ0v) is 10.6. The molecule has 0 rings (SSSR count). The molecule has 0 aliphatic heterocycles. The summed E-state index contributed by atoms with van der Waals surface area (Å²) >= 11 is 0. The van der Waals surface area contributed by atoms with Gasteiger partial charge in [0.15, 0.2) is 0 Å². The van der Waals surface area contributed by atoms with Crippen molar-refractivity contribution in [2.75, 3.05) is 20.1 Å². The van der Waals surface area contributed by atoms with E-state index >= 15 is 0 Å². The number of rotatable bonds is 6. The molecule has 16 heavy (non-hydrogen) atoms. The summed E-state index contributed by atoms with van der Waals surface area (Å²) < 4.78 is 0. The van der Waals surface area contributed by atoms with Gasteiger partial charge in [-0.05, 0) is 12.3 Å². The molecule has 0 spiro atoms. The number of carbonyl (C=O) groups is 2. The van der Waals surface area contributed by atoms with Crippen molar-refractivity contribution in [3.05, 3.63) is 0 Å². The Hall–Kier alpha value is -1.10. The van der Waals surface area contributed by atoms with Crippen LogP contribution >= 0.6 is 0 Å². The molecule has 0 aliphatic rings. The van der Waals surface area contributed by atoms with Crippen LogP contribution in [0.5, 0.6) is 0 Å². The molecule has 1 atom stereocenters. The largest absolute Gasteiger partial charge is 0.358 e. The van der Waals surface area contributed by atoms with Crippen molar-refractivity contribution in [1.82, 2.24) is 10.2 Å². The second-order valence-corrected chi connectivity index (χ2v) is 4.20. The maximum absolute atomic E-state index is 11.9. The van der Waals surface area contributed by atoms with Gasteiger partial charge in [-0.2, -0.15) is 0 Å². The molecule has 2 amide bonds. The van der Waals surface area contributed by atoms with Crippen LogP contribution in [0.15, 0.2) is 0 Å². The van der Waals surface area contributed by atoms with Gasteiger partial charge in [0.1, 0.15) is 0 Å². The third-order valence-electron chi connectivity index (χ3n) is 2.42. The van der Waals surface area contributed by atoms with E-state index in [0.717, 1.165) is 6.42 Å². The molecule has 94 valence electrons. The second kappa shape index (κ2) is 7.22. The molecule has 0 heterocycles. The Balaban J connectivity index is 4.51. The van der Waals surface area contributed by atoms with Gasteiger partial charge in [0.25, 0.3) is 0 Å². The number of nitrogens with two attached hydrogens (primary N) is 1. The van der Waals surface area contributed by atoms with Crippen molar-refractivity contribution in [3.8, 4) is 0 Å². The number of hydrogen-bond acceptors (Lipinski definition) is 3. The summed E-state index contributed by atoms with van der Waals surface area (Å²) in [6, 6.07) is -0.531. The molecule has 0 saturated heterocycles. The summed E-state index contributed by atoms with van der Waals surface area (Å²) in [5.74, 6) is -0.241. The topological polar surface area (TPSA) is 75.4 Å². The zero-order valence-electron chi connectivity index (χ0n) is 10.6. The molecule has 1 unspecified atom stereocenters. The van der Waals surface area contributed by atoms with E-state index < -0.39 is 6.04 Å². The Morgan fingerprint density at radius 3 is 2.31 bits per heavy atom. The lowest BCUT2D eigenvalue weighted by atomic mass is 10.0. The predicted octanol–water partition coefficient (Wildman–Crippen LogP) is -0.0457. The highest BCUT2D eigenvalue weighted by atomic mass is 16.2. The van der Waals surface area contributed by atoms with Crippen LogP contribution in [0.2, 0.25) is 0 Å². The molecule has 0 aromatic rings. The van der Waals surface area contributed by atoms with Gasteiger partial charge in [-0.15, -0.1) is 0 Å². The normalized spacial score (nSPS) is 12.4. The van der Waals surface area contributed by atoms with Crippen LogP contribution in [0.25, 0.3) is 0 Å². The molecule has 0 bridgehead atoms. The number of carbonyl (C=O) groups excluding carboxylic acids is 2. The SMILES string of the molecule is CCCN(CC(=O)NC)C(=O)C(N)C(C)C. The first-order valence-corrected chi connectivity index (χ1v) is 5.69. The van der Waals surface area contributed by atoms with Gasteiger partial charge >= 0.3 is 0 Å². The predicted molar refractivity (Wildman–Crippen MR) is 63.8 cm³/mol. The summed E-state index contributed by atoms with van der Waals surface area (Å²) in [6.07, 6.45) is 0.813. The van der Waals surface area contributed by atoms with Crippen LogP contribution in [0, 0.1) is 5.92 Å². The average molecular weight is 229 g/mol. The van der Waals surface area contributed by atoms with E-state index in [1.807, 2.05) is 20.8 Å². The summed E-state index contributed by atoms with van der Waals surface area (Å²) in [7, 11) is 1.55. The first-order valence-electron chi connectivity index (χ1n) is 5.69. The first kappa shape index (κ1) is 14.9. The van der Waals surface area contributed by atoms with E-state index in [0.29, 0.717) is 6.54 Å². The molecule has 5 nitrogen and oxygen atoms in total. The van der Waals surface area contributed by atoms with Crippen LogP contribution < -0.4 is 11.1 Å². The summed E-state index contributed by atoms with van der Waals surface area (Å²) in [5.41, 5.74) is 5.79. The van der Waals surface area contributed by atoms with Crippen LogP contribution in [0.1, 0.15) is 27.2 Å². The number of amides is 2. The fraction of sp³-hybridized carbons (Fsp3) is 0.818. The van der Waals surface area contributed by atoms with Crippen molar-refractivity contribution in [1.29, 1.82) is 0 Å². The van der Waals surface area contributed by atoms with Crippen LogP contribution in [0.4, 0.5) is 0 Å². The minimum Gasteiger partial charge on any atom is -0.358 e. The highest BCUT2D eigenvalue weighted by Crippen LogP contribution is 2.04. The molecule has 0 radical (unpaired) electrons. The highest BCUT2D eigenvalue weighted by molar-refractivity contribution is 5.87. The fourth-order valence-corrected chi connectivity index (χ4v) is 1.29. The summed E-state index contributed by atoms with van der Waals surface area (Å²) in [5, 5.41) is 2.50. The number of nitrogens with one attached hydrogen (secondary N) is 1. The van der Waals surface area contributed by atoms with Gasteiger partial charge < -0.3 is 16.0 Å². The van der Waals surface area contributed by atoms with Crippen LogP contribution in [-0.4, -0.2) is 42.9 Å². The monoisotopic (exact) mass is 229 g/mol. The Morgan fingerprint density at radius 1 is 1.38 bits per heavy atom. The Bertz CT molecular complexity index is 241. The zero-order chi connectivity index (χ0) is 12.7. The Morgan fingerprint density at radius 2 is 1.94 bits per heavy atom. The van der Waals surface area contributed by atoms with Gasteiger partial charge in [0, 0.05) is 13.6 Å². The average Bonchev–Trinajstić information content (AvgIpc) is 2.26. The molecule has 0 saturated carbocycles. The molecular weight excluding hydrogens is 206 g/mol. The molecule has 0 fully saturated rings. The van der Waals surface area contributed by atoms with Crippen LogP contribution in [0.3, 0.4) is 0 Å². The van der Waals surface area contributed by atoms with Crippen molar-refractivity contribution in [3.63, 3.8) is 0 Å². The third-order valence-corrected chi connectivity index (χ3v) is 2.42. The fourth-order valence-electron chi connectivity index (χ4n) is 1.29. The van der Waals surface area contributed by atoms with Crippen molar-refractivity contribution < 1.29 is 9.59 Å². The molecule has 0 aromatic carbocycles. The summed E-state index contributed by atoms with van der Waals surface area (Å²) in [4.78, 5) is 24.7. The molecule has 5 heteroatoms. The quantitative estimate of drug-likeness (QED) is 0.671. The van der Waals surface area contributed by atoms with Crippen LogP contribution in [-0.2, 0) is 9.59 Å². The minimum absolute atomic E-state index is 0.0801. The van der Waals surface area contributed by atoms with Gasteiger partial charge in [0.2, 0.25) is 11.8 Å². The lowest BCUT2D eigenvalue weighted by Crippen LogP contribution is -2.49. The van der Waals surface area contributed by atoms with E-state index in [1.54, 1.807) is 7.05 Å². The van der Waals surface area contributed by atoms with E-state index in [9.17, 15) is 9.59 Å². The maximum Gasteiger partial charge on any atom is 0.240 e. The van der Waals surface area contributed by atoms with Gasteiger partial charge in [-0.3, -0.25) is 9.59 Å². The highest BCUT2D eigenvalue weighted by Gasteiger charge is 2.24. The molecule has 0 aliphatic carbocycles. The van der Waals surface area contributed by atoms with Crippen molar-refractivity contribution >= 4 is 11.8 Å². The second-order valence-electron chi connectivity index (χ2n) is 4.20. The number of nitrogens with zero attached hydrogens (tertiary/aromatic N) is 1. The molecule has 0 aromatic heterocycles. The number of hydrogen-bond donors (Lipinski definition) is 2. The minimum atomic E-state index is -0.531. The first-order chi connectivity index (χ1) is 7.43. The lowest BCUT2D eigenvalue weighted by molar-refractivity contribution is -0.137. The van der Waals surface area contributed by atoms with E-state index in [-0.39, 0.29) is 24.3 Å². The third kappa shape index (κ3) is 4.61.